The highest BCUT2D eigenvalue weighted by atomic mass is 16.6. The number of aromatic amines is 1. The number of nitrogens with one attached hydrogen (secondary N) is 4. The normalized spacial score (nSPS) is 16.7. The second-order valence-corrected chi connectivity index (χ2v) is 9.40. The van der Waals surface area contributed by atoms with E-state index in [1.807, 2.05) is 60.8 Å². The highest BCUT2D eigenvalue weighted by molar-refractivity contribution is 6.00. The highest BCUT2D eigenvalue weighted by Crippen LogP contribution is 2.40. The SMILES string of the molecule is CC(C)(C)OC(=O)NC(=N)C1Oc2ccccc2C1CCNC(=O)c1ccccc1-c1ccc[nH]1. The number of aromatic nitrogens is 1. The first-order valence-electron chi connectivity index (χ1n) is 11.6. The van der Waals surface area contributed by atoms with Crippen LogP contribution < -0.4 is 15.4 Å². The van der Waals surface area contributed by atoms with Gasteiger partial charge in [0, 0.05) is 41.0 Å². The Morgan fingerprint density at radius 3 is 2.54 bits per heavy atom. The number of fused-ring (bicyclic) bond motifs is 1. The molecule has 0 fully saturated rings. The maximum atomic E-state index is 13.0. The van der Waals surface area contributed by atoms with Crippen molar-refractivity contribution in [3.63, 3.8) is 0 Å². The van der Waals surface area contributed by atoms with Crippen LogP contribution in [0, 0.1) is 5.41 Å². The number of carbonyl (C=O) groups is 2. The molecular formula is C27H30N4O4. The Hall–Kier alpha value is -4.07. The lowest BCUT2D eigenvalue weighted by atomic mass is 9.91. The van der Waals surface area contributed by atoms with Crippen molar-refractivity contribution in [2.24, 2.45) is 0 Å². The zero-order valence-corrected chi connectivity index (χ0v) is 20.1. The Bertz CT molecular complexity index is 1210. The van der Waals surface area contributed by atoms with E-state index in [1.165, 1.54) is 0 Å². The number of benzene rings is 2. The minimum atomic E-state index is -0.699. The standard InChI is InChI=1S/C27H30N4O4/c1-27(2,3)35-26(33)31-24(28)23-19(18-10-6-7-13-22(18)34-23)14-16-30-25(32)20-11-5-4-9-17(20)21-12-8-15-29-21/h4-13,15,19,23,29H,14,16H2,1-3H3,(H,30,32)(H2,28,31,33). The number of alkyl carbamates (subject to hydrolysis) is 1. The van der Waals surface area contributed by atoms with Crippen LogP contribution >= 0.6 is 0 Å². The van der Waals surface area contributed by atoms with Crippen LogP contribution in [0.3, 0.4) is 0 Å². The van der Waals surface area contributed by atoms with Crippen LogP contribution in [-0.4, -0.2) is 41.1 Å². The summed E-state index contributed by atoms with van der Waals surface area (Å²) in [5, 5.41) is 14.0. The predicted octanol–water partition coefficient (Wildman–Crippen LogP) is 4.85. The van der Waals surface area contributed by atoms with E-state index < -0.39 is 17.8 Å². The van der Waals surface area contributed by atoms with Crippen molar-refractivity contribution in [1.82, 2.24) is 15.6 Å². The number of hydrogen-bond acceptors (Lipinski definition) is 5. The summed E-state index contributed by atoms with van der Waals surface area (Å²) in [6, 6.07) is 18.8. The number of para-hydroxylation sites is 1. The van der Waals surface area contributed by atoms with E-state index in [0.29, 0.717) is 24.3 Å². The Balaban J connectivity index is 1.44. The lowest BCUT2D eigenvalue weighted by Crippen LogP contribution is -2.44. The monoisotopic (exact) mass is 474 g/mol. The first-order valence-corrected chi connectivity index (χ1v) is 11.6. The third-order valence-electron chi connectivity index (χ3n) is 5.66. The largest absolute Gasteiger partial charge is 0.482 e. The molecule has 0 saturated carbocycles. The van der Waals surface area contributed by atoms with E-state index in [9.17, 15) is 9.59 Å². The zero-order chi connectivity index (χ0) is 25.0. The Morgan fingerprint density at radius 1 is 1.06 bits per heavy atom. The fourth-order valence-electron chi connectivity index (χ4n) is 4.18. The average molecular weight is 475 g/mol. The van der Waals surface area contributed by atoms with Crippen LogP contribution in [0.5, 0.6) is 5.75 Å². The van der Waals surface area contributed by atoms with Crippen molar-refractivity contribution in [1.29, 1.82) is 5.41 Å². The molecule has 0 aliphatic carbocycles. The molecule has 4 N–H and O–H groups in total. The summed E-state index contributed by atoms with van der Waals surface area (Å²) in [4.78, 5) is 28.4. The molecular weight excluding hydrogens is 444 g/mol. The van der Waals surface area contributed by atoms with Crippen molar-refractivity contribution < 1.29 is 19.1 Å². The summed E-state index contributed by atoms with van der Waals surface area (Å²) in [7, 11) is 0. The molecule has 2 atom stereocenters. The molecule has 3 aromatic rings. The summed E-state index contributed by atoms with van der Waals surface area (Å²) >= 11 is 0. The van der Waals surface area contributed by atoms with Crippen molar-refractivity contribution in [2.75, 3.05) is 6.54 Å². The lowest BCUT2D eigenvalue weighted by molar-refractivity contribution is 0.0556. The minimum absolute atomic E-state index is 0.0798. The molecule has 182 valence electrons. The second kappa shape index (κ2) is 10.0. The van der Waals surface area contributed by atoms with Crippen molar-refractivity contribution in [3.05, 3.63) is 78.0 Å². The fourth-order valence-corrected chi connectivity index (χ4v) is 4.18. The van der Waals surface area contributed by atoms with Gasteiger partial charge in [0.15, 0.2) is 6.10 Å². The van der Waals surface area contributed by atoms with Gasteiger partial charge in [-0.15, -0.1) is 0 Å². The first kappa shape index (κ1) is 24.1. The quantitative estimate of drug-likeness (QED) is 0.302. The average Bonchev–Trinajstić information content (AvgIpc) is 3.46. The van der Waals surface area contributed by atoms with E-state index in [-0.39, 0.29) is 17.7 Å². The van der Waals surface area contributed by atoms with Gasteiger partial charge in [-0.05, 0) is 51.5 Å². The van der Waals surface area contributed by atoms with Crippen LogP contribution in [0.25, 0.3) is 11.3 Å². The molecule has 4 rings (SSSR count). The van der Waals surface area contributed by atoms with Gasteiger partial charge in [0.05, 0.1) is 0 Å². The van der Waals surface area contributed by atoms with Gasteiger partial charge in [0.2, 0.25) is 0 Å². The molecule has 2 aromatic carbocycles. The van der Waals surface area contributed by atoms with Crippen molar-refractivity contribution in [3.8, 4) is 17.0 Å². The number of rotatable bonds is 6. The third-order valence-corrected chi connectivity index (χ3v) is 5.66. The molecule has 8 heteroatoms. The molecule has 1 aromatic heterocycles. The van der Waals surface area contributed by atoms with Gasteiger partial charge in [0.1, 0.15) is 17.2 Å². The van der Waals surface area contributed by atoms with E-state index in [2.05, 4.69) is 15.6 Å². The maximum Gasteiger partial charge on any atom is 0.413 e. The summed E-state index contributed by atoms with van der Waals surface area (Å²) in [5.74, 6) is 0.194. The lowest BCUT2D eigenvalue weighted by Gasteiger charge is -2.23. The number of amides is 2. The van der Waals surface area contributed by atoms with Crippen LogP contribution in [0.2, 0.25) is 0 Å². The van der Waals surface area contributed by atoms with Crippen LogP contribution in [-0.2, 0) is 4.74 Å². The van der Waals surface area contributed by atoms with Gasteiger partial charge in [0.25, 0.3) is 5.91 Å². The Kier molecular flexibility index (Phi) is 6.91. The van der Waals surface area contributed by atoms with Crippen LogP contribution in [0.4, 0.5) is 4.79 Å². The minimum Gasteiger partial charge on any atom is -0.482 e. The molecule has 2 amide bonds. The molecule has 8 nitrogen and oxygen atoms in total. The smallest absolute Gasteiger partial charge is 0.413 e. The summed E-state index contributed by atoms with van der Waals surface area (Å²) in [6.07, 6.45) is 0.955. The molecule has 1 aliphatic rings. The third kappa shape index (κ3) is 5.71. The number of carbonyl (C=O) groups excluding carboxylic acids is 2. The number of hydrogen-bond donors (Lipinski definition) is 4. The number of ether oxygens (including phenoxy) is 2. The Morgan fingerprint density at radius 2 is 1.80 bits per heavy atom. The molecule has 2 unspecified atom stereocenters. The molecule has 0 spiro atoms. The summed E-state index contributed by atoms with van der Waals surface area (Å²) < 4.78 is 11.3. The van der Waals surface area contributed by atoms with E-state index in [4.69, 9.17) is 14.9 Å². The predicted molar refractivity (Wildman–Crippen MR) is 134 cm³/mol. The van der Waals surface area contributed by atoms with E-state index in [0.717, 1.165) is 16.8 Å². The number of H-pyrrole nitrogens is 1. The summed E-state index contributed by atoms with van der Waals surface area (Å²) in [5.41, 5.74) is 2.54. The molecule has 0 saturated heterocycles. The molecule has 1 aliphatic heterocycles. The van der Waals surface area contributed by atoms with Gasteiger partial charge < -0.3 is 19.8 Å². The van der Waals surface area contributed by atoms with Crippen LogP contribution in [0.1, 0.15) is 49.0 Å². The molecule has 2 heterocycles. The van der Waals surface area contributed by atoms with E-state index >= 15 is 0 Å². The molecule has 35 heavy (non-hydrogen) atoms. The topological polar surface area (TPSA) is 116 Å². The first-order chi connectivity index (χ1) is 16.7. The van der Waals surface area contributed by atoms with Crippen molar-refractivity contribution in [2.45, 2.75) is 44.8 Å². The Labute approximate surface area is 204 Å². The van der Waals surface area contributed by atoms with E-state index in [1.54, 1.807) is 26.8 Å². The van der Waals surface area contributed by atoms with Gasteiger partial charge in [-0.3, -0.25) is 15.5 Å². The van der Waals surface area contributed by atoms with Gasteiger partial charge >= 0.3 is 6.09 Å². The highest BCUT2D eigenvalue weighted by Gasteiger charge is 2.38. The van der Waals surface area contributed by atoms with Gasteiger partial charge in [-0.25, -0.2) is 4.79 Å². The zero-order valence-electron chi connectivity index (χ0n) is 20.1. The number of amidine groups is 1. The summed E-state index contributed by atoms with van der Waals surface area (Å²) in [6.45, 7) is 5.66. The van der Waals surface area contributed by atoms with Crippen LogP contribution in [0.15, 0.2) is 66.9 Å². The molecule has 0 radical (unpaired) electrons. The van der Waals surface area contributed by atoms with Gasteiger partial charge in [-0.1, -0.05) is 36.4 Å². The maximum absolute atomic E-state index is 13.0. The fraction of sp³-hybridized carbons (Fsp3) is 0.296. The molecule has 0 bridgehead atoms. The van der Waals surface area contributed by atoms with Crippen molar-refractivity contribution >= 4 is 17.8 Å². The van der Waals surface area contributed by atoms with Gasteiger partial charge in [-0.2, -0.15) is 0 Å². The second-order valence-electron chi connectivity index (χ2n) is 9.40.